The number of phenolic OH excluding ortho intramolecular Hbond substituents is 1. The number of halogens is 1. The Hall–Kier alpha value is -0.435. The van der Waals surface area contributed by atoms with Crippen molar-refractivity contribution < 1.29 is 5.11 Å². The molecule has 0 aliphatic heterocycles. The van der Waals surface area contributed by atoms with E-state index in [-0.39, 0.29) is 0 Å². The van der Waals surface area contributed by atoms with Crippen LogP contribution in [0.5, 0.6) is 5.75 Å². The third kappa shape index (κ3) is 1.43. The fourth-order valence-electron chi connectivity index (χ4n) is 1.02. The third-order valence-electron chi connectivity index (χ3n) is 2.08. The van der Waals surface area contributed by atoms with Crippen molar-refractivity contribution in [3.8, 4) is 5.75 Å². The van der Waals surface area contributed by atoms with Gasteiger partial charge in [-0.05, 0) is 41.4 Å². The maximum absolute atomic E-state index is 9.46. The molecule has 1 aromatic carbocycles. The van der Waals surface area contributed by atoms with Gasteiger partial charge in [-0.1, -0.05) is 11.0 Å². The second-order valence-electron chi connectivity index (χ2n) is 2.77. The SMILES string of the molecule is Bc1c(C)cc(Br)c(O)c1C. The Morgan fingerprint density at radius 1 is 1.45 bits per heavy atom. The molecule has 1 N–H and O–H groups in total. The molecule has 0 heterocycles. The summed E-state index contributed by atoms with van der Waals surface area (Å²) in [7, 11) is 2.01. The van der Waals surface area contributed by atoms with Gasteiger partial charge in [0.15, 0.2) is 0 Å². The molecule has 11 heavy (non-hydrogen) atoms. The van der Waals surface area contributed by atoms with Crippen molar-refractivity contribution in [1.29, 1.82) is 0 Å². The lowest BCUT2D eigenvalue weighted by molar-refractivity contribution is 0.468. The van der Waals surface area contributed by atoms with Crippen molar-refractivity contribution >= 4 is 29.2 Å². The molecule has 0 fully saturated rings. The predicted molar refractivity (Wildman–Crippen MR) is 53.5 cm³/mol. The Kier molecular flexibility index (Phi) is 2.28. The summed E-state index contributed by atoms with van der Waals surface area (Å²) in [4.78, 5) is 0. The predicted octanol–water partition coefficient (Wildman–Crippen LogP) is 1.03. The summed E-state index contributed by atoms with van der Waals surface area (Å²) in [5, 5.41) is 9.46. The Labute approximate surface area is 76.0 Å². The van der Waals surface area contributed by atoms with Crippen molar-refractivity contribution in [1.82, 2.24) is 0 Å². The number of aryl methyl sites for hydroxylation is 1. The summed E-state index contributed by atoms with van der Waals surface area (Å²) in [6, 6.07) is 1.93. The second-order valence-corrected chi connectivity index (χ2v) is 3.63. The van der Waals surface area contributed by atoms with Crippen molar-refractivity contribution in [3.63, 3.8) is 0 Å². The Bertz CT molecular complexity index is 270. The van der Waals surface area contributed by atoms with E-state index in [9.17, 15) is 5.11 Å². The van der Waals surface area contributed by atoms with Crippen LogP contribution in [0.2, 0.25) is 0 Å². The molecule has 0 unspecified atom stereocenters. The maximum Gasteiger partial charge on any atom is 0.140 e. The van der Waals surface area contributed by atoms with Gasteiger partial charge in [-0.2, -0.15) is 0 Å². The van der Waals surface area contributed by atoms with E-state index in [0.29, 0.717) is 5.75 Å². The summed E-state index contributed by atoms with van der Waals surface area (Å²) in [6.45, 7) is 3.95. The van der Waals surface area contributed by atoms with Crippen LogP contribution in [-0.2, 0) is 0 Å². The van der Waals surface area contributed by atoms with E-state index in [1.807, 2.05) is 27.8 Å². The van der Waals surface area contributed by atoms with E-state index in [1.54, 1.807) is 0 Å². The van der Waals surface area contributed by atoms with Gasteiger partial charge in [0.2, 0.25) is 0 Å². The number of rotatable bonds is 0. The van der Waals surface area contributed by atoms with Crippen molar-refractivity contribution in [2.45, 2.75) is 13.8 Å². The second kappa shape index (κ2) is 2.90. The minimum absolute atomic E-state index is 0.355. The molecule has 0 amide bonds. The highest BCUT2D eigenvalue weighted by atomic mass is 79.9. The summed E-state index contributed by atoms with van der Waals surface area (Å²) < 4.78 is 0.776. The van der Waals surface area contributed by atoms with Gasteiger partial charge in [0.1, 0.15) is 13.6 Å². The van der Waals surface area contributed by atoms with Crippen LogP contribution in [0, 0.1) is 13.8 Å². The van der Waals surface area contributed by atoms with Crippen LogP contribution in [0.1, 0.15) is 11.1 Å². The largest absolute Gasteiger partial charge is 0.507 e. The molecule has 1 nitrogen and oxygen atoms in total. The quantitative estimate of drug-likeness (QED) is 0.638. The monoisotopic (exact) mass is 212 g/mol. The summed E-state index contributed by atoms with van der Waals surface area (Å²) in [5.74, 6) is 0.355. The smallest absolute Gasteiger partial charge is 0.140 e. The summed E-state index contributed by atoms with van der Waals surface area (Å²) in [5.41, 5.74) is 3.31. The van der Waals surface area contributed by atoms with Crippen LogP contribution in [0.25, 0.3) is 0 Å². The van der Waals surface area contributed by atoms with Gasteiger partial charge >= 0.3 is 0 Å². The minimum Gasteiger partial charge on any atom is -0.507 e. The standard InChI is InChI=1S/C8H10BBrO/c1-4-3-6(10)8(11)5(2)7(4)9/h3,11H,9H2,1-2H3. The molecule has 0 saturated carbocycles. The van der Waals surface area contributed by atoms with E-state index in [4.69, 9.17) is 0 Å². The highest BCUT2D eigenvalue weighted by molar-refractivity contribution is 9.10. The van der Waals surface area contributed by atoms with Gasteiger partial charge < -0.3 is 5.11 Å². The van der Waals surface area contributed by atoms with E-state index in [2.05, 4.69) is 15.9 Å². The highest BCUT2D eigenvalue weighted by Gasteiger charge is 2.05. The number of benzene rings is 1. The molecule has 0 spiro atoms. The summed E-state index contributed by atoms with van der Waals surface area (Å²) >= 11 is 3.28. The number of hydrogen-bond acceptors (Lipinski definition) is 1. The van der Waals surface area contributed by atoms with Crippen LogP contribution < -0.4 is 5.46 Å². The first-order valence-corrected chi connectivity index (χ1v) is 4.28. The molecule has 58 valence electrons. The Balaban J connectivity index is 3.46. The molecular weight excluding hydrogens is 203 g/mol. The highest BCUT2D eigenvalue weighted by Crippen LogP contribution is 2.26. The minimum atomic E-state index is 0.355. The number of aromatic hydroxyl groups is 1. The van der Waals surface area contributed by atoms with E-state index in [1.165, 1.54) is 5.56 Å². The Morgan fingerprint density at radius 3 is 2.55 bits per heavy atom. The fourth-order valence-corrected chi connectivity index (χ4v) is 1.66. The first kappa shape index (κ1) is 8.66. The fraction of sp³-hybridized carbons (Fsp3) is 0.250. The van der Waals surface area contributed by atoms with Gasteiger partial charge in [0.05, 0.1) is 4.47 Å². The van der Waals surface area contributed by atoms with E-state index < -0.39 is 0 Å². The van der Waals surface area contributed by atoms with Gasteiger partial charge in [-0.3, -0.25) is 0 Å². The van der Waals surface area contributed by atoms with Crippen molar-refractivity contribution in [2.24, 2.45) is 0 Å². The van der Waals surface area contributed by atoms with Gasteiger partial charge in [0.25, 0.3) is 0 Å². The molecule has 0 aliphatic rings. The summed E-state index contributed by atoms with van der Waals surface area (Å²) in [6.07, 6.45) is 0. The van der Waals surface area contributed by atoms with Crippen LogP contribution in [0.15, 0.2) is 10.5 Å². The molecule has 0 bridgehead atoms. The first-order valence-electron chi connectivity index (χ1n) is 3.49. The first-order chi connectivity index (χ1) is 5.04. The Morgan fingerprint density at radius 2 is 2.00 bits per heavy atom. The number of hydrogen-bond donors (Lipinski definition) is 1. The zero-order chi connectivity index (χ0) is 8.59. The molecule has 0 saturated heterocycles. The topological polar surface area (TPSA) is 20.2 Å². The van der Waals surface area contributed by atoms with E-state index >= 15 is 0 Å². The number of phenols is 1. The normalized spacial score (nSPS) is 10.1. The van der Waals surface area contributed by atoms with Gasteiger partial charge in [-0.15, -0.1) is 0 Å². The van der Waals surface area contributed by atoms with E-state index in [0.717, 1.165) is 15.5 Å². The maximum atomic E-state index is 9.46. The molecule has 3 heteroatoms. The van der Waals surface area contributed by atoms with Crippen molar-refractivity contribution in [2.75, 3.05) is 0 Å². The molecule has 1 rings (SSSR count). The molecule has 1 aromatic rings. The lowest BCUT2D eigenvalue weighted by Gasteiger charge is -2.08. The van der Waals surface area contributed by atoms with Crippen LogP contribution in [0.3, 0.4) is 0 Å². The third-order valence-corrected chi connectivity index (χ3v) is 2.68. The molecular formula is C8H10BBrO. The van der Waals surface area contributed by atoms with Gasteiger partial charge in [0, 0.05) is 0 Å². The molecule has 0 aromatic heterocycles. The average molecular weight is 213 g/mol. The lowest BCUT2D eigenvalue weighted by atomic mass is 9.86. The molecule has 0 atom stereocenters. The molecule has 0 aliphatic carbocycles. The molecule has 0 radical (unpaired) electrons. The van der Waals surface area contributed by atoms with Crippen LogP contribution in [-0.4, -0.2) is 13.0 Å². The zero-order valence-corrected chi connectivity index (χ0v) is 8.49. The zero-order valence-electron chi connectivity index (χ0n) is 6.90. The lowest BCUT2D eigenvalue weighted by Crippen LogP contribution is -2.11. The van der Waals surface area contributed by atoms with Gasteiger partial charge in [-0.25, -0.2) is 0 Å². The average Bonchev–Trinajstić information content (AvgIpc) is 1.97. The van der Waals surface area contributed by atoms with Crippen molar-refractivity contribution in [3.05, 3.63) is 21.7 Å². The van der Waals surface area contributed by atoms with Crippen LogP contribution in [0.4, 0.5) is 0 Å². The van der Waals surface area contributed by atoms with Crippen LogP contribution >= 0.6 is 15.9 Å².